The van der Waals surface area contributed by atoms with Crippen molar-refractivity contribution in [3.8, 4) is 0 Å². The van der Waals surface area contributed by atoms with E-state index in [9.17, 15) is 23.3 Å². The van der Waals surface area contributed by atoms with Crippen molar-refractivity contribution in [3.63, 3.8) is 0 Å². The number of hydrogen-bond acceptors (Lipinski definition) is 7. The molecule has 0 saturated carbocycles. The van der Waals surface area contributed by atoms with E-state index in [4.69, 9.17) is 0 Å². The second-order valence-corrected chi connectivity index (χ2v) is 6.87. The number of ether oxygens (including phenoxy) is 1. The highest BCUT2D eigenvalue weighted by Gasteiger charge is 2.30. The van der Waals surface area contributed by atoms with Crippen LogP contribution < -0.4 is 4.72 Å². The largest absolute Gasteiger partial charge is 0.468 e. The summed E-state index contributed by atoms with van der Waals surface area (Å²) in [5.74, 6) is -0.213. The lowest BCUT2D eigenvalue weighted by Crippen LogP contribution is -2.42. The van der Waals surface area contributed by atoms with Crippen molar-refractivity contribution >= 4 is 33.4 Å². The van der Waals surface area contributed by atoms with Crippen LogP contribution in [-0.2, 0) is 19.6 Å². The number of hydrogen-bond donors (Lipinski definition) is 1. The average Bonchev–Trinajstić information content (AvgIpc) is 2.50. The van der Waals surface area contributed by atoms with Gasteiger partial charge in [0.2, 0.25) is 10.0 Å². The van der Waals surface area contributed by atoms with Gasteiger partial charge in [0.05, 0.1) is 12.0 Å². The van der Waals surface area contributed by atoms with E-state index in [-0.39, 0.29) is 6.42 Å². The maximum absolute atomic E-state index is 12.3. The van der Waals surface area contributed by atoms with Gasteiger partial charge in [-0.3, -0.25) is 14.9 Å². The van der Waals surface area contributed by atoms with Crippen LogP contribution in [0.25, 0.3) is 0 Å². The fourth-order valence-corrected chi connectivity index (χ4v) is 3.55. The molecule has 0 unspecified atom stereocenters. The minimum absolute atomic E-state index is 0.216. The molecule has 0 saturated heterocycles. The molecule has 1 atom stereocenters. The Labute approximate surface area is 132 Å². The van der Waals surface area contributed by atoms with E-state index in [1.807, 2.05) is 6.26 Å². The number of carbonyl (C=O) groups excluding carboxylic acids is 1. The molecule has 1 rings (SSSR count). The fourth-order valence-electron chi connectivity index (χ4n) is 1.69. The smallest absolute Gasteiger partial charge is 0.323 e. The number of para-hydroxylation sites is 1. The summed E-state index contributed by atoms with van der Waals surface area (Å²) >= 11 is 1.44. The molecule has 0 radical (unpaired) electrons. The van der Waals surface area contributed by atoms with Gasteiger partial charge in [-0.2, -0.15) is 16.5 Å². The number of nitro groups is 1. The summed E-state index contributed by atoms with van der Waals surface area (Å²) in [5, 5.41) is 10.9. The zero-order valence-corrected chi connectivity index (χ0v) is 13.6. The van der Waals surface area contributed by atoms with Gasteiger partial charge in [-0.05, 0) is 24.5 Å². The Morgan fingerprint density at radius 1 is 1.45 bits per heavy atom. The first-order chi connectivity index (χ1) is 10.3. The number of nitro benzene ring substituents is 1. The molecule has 0 spiro atoms. The van der Waals surface area contributed by atoms with Crippen molar-refractivity contribution < 1.29 is 22.9 Å². The molecule has 1 aromatic rings. The van der Waals surface area contributed by atoms with Crippen LogP contribution in [0.5, 0.6) is 0 Å². The Balaban J connectivity index is 3.12. The van der Waals surface area contributed by atoms with Gasteiger partial charge in [0.15, 0.2) is 4.90 Å². The molecule has 0 aromatic heterocycles. The lowest BCUT2D eigenvalue weighted by Gasteiger charge is -2.16. The first-order valence-corrected chi connectivity index (χ1v) is 9.03. The van der Waals surface area contributed by atoms with Crippen LogP contribution in [0, 0.1) is 10.1 Å². The van der Waals surface area contributed by atoms with Crippen LogP contribution in [-0.4, -0.2) is 44.5 Å². The molecule has 0 bridgehead atoms. The number of methoxy groups -OCH3 is 1. The highest BCUT2D eigenvalue weighted by Crippen LogP contribution is 2.23. The Kier molecular flexibility index (Phi) is 6.78. The quantitative estimate of drug-likeness (QED) is 0.426. The highest BCUT2D eigenvalue weighted by molar-refractivity contribution is 7.98. The standard InChI is InChI=1S/C12H16N2O6S2/c1-20-12(15)9(7-8-21-2)13-22(18,19)11-6-4-3-5-10(11)14(16)17/h3-6,9,13H,7-8H2,1-2H3/t9-/m1/s1. The van der Waals surface area contributed by atoms with E-state index in [0.29, 0.717) is 5.75 Å². The lowest BCUT2D eigenvalue weighted by molar-refractivity contribution is -0.387. The van der Waals surface area contributed by atoms with E-state index in [1.165, 1.54) is 23.9 Å². The summed E-state index contributed by atoms with van der Waals surface area (Å²) < 4.78 is 31.4. The zero-order valence-electron chi connectivity index (χ0n) is 12.0. The number of thioether (sulfide) groups is 1. The summed E-state index contributed by atoms with van der Waals surface area (Å²) in [7, 11) is -3.08. The fraction of sp³-hybridized carbons (Fsp3) is 0.417. The predicted molar refractivity (Wildman–Crippen MR) is 82.2 cm³/mol. The maximum atomic E-state index is 12.3. The molecule has 0 fully saturated rings. The molecule has 10 heteroatoms. The van der Waals surface area contributed by atoms with Gasteiger partial charge >= 0.3 is 5.97 Å². The molecule has 8 nitrogen and oxygen atoms in total. The number of esters is 1. The Bertz CT molecular complexity index is 647. The van der Waals surface area contributed by atoms with Crippen LogP contribution in [0.4, 0.5) is 5.69 Å². The van der Waals surface area contributed by atoms with E-state index in [0.717, 1.165) is 19.2 Å². The molecule has 1 aromatic carbocycles. The van der Waals surface area contributed by atoms with Crippen LogP contribution >= 0.6 is 11.8 Å². The summed E-state index contributed by atoms with van der Waals surface area (Å²) in [5.41, 5.74) is -0.552. The van der Waals surface area contributed by atoms with Crippen molar-refractivity contribution in [2.45, 2.75) is 17.4 Å². The second-order valence-electron chi connectivity index (χ2n) is 4.20. The number of nitrogens with zero attached hydrogens (tertiary/aromatic N) is 1. The second kappa shape index (κ2) is 8.11. The zero-order chi connectivity index (χ0) is 16.8. The van der Waals surface area contributed by atoms with Gasteiger partial charge in [-0.25, -0.2) is 8.42 Å². The summed E-state index contributed by atoms with van der Waals surface area (Å²) in [6.45, 7) is 0. The molecule has 122 valence electrons. The minimum atomic E-state index is -4.22. The molecule has 22 heavy (non-hydrogen) atoms. The van der Waals surface area contributed by atoms with Crippen molar-refractivity contribution in [2.75, 3.05) is 19.1 Å². The van der Waals surface area contributed by atoms with E-state index in [1.54, 1.807) is 0 Å². The topological polar surface area (TPSA) is 116 Å². The molecule has 0 aliphatic carbocycles. The number of sulfonamides is 1. The van der Waals surface area contributed by atoms with Gasteiger partial charge < -0.3 is 4.74 Å². The first-order valence-electron chi connectivity index (χ1n) is 6.16. The minimum Gasteiger partial charge on any atom is -0.468 e. The average molecular weight is 348 g/mol. The van der Waals surface area contributed by atoms with Crippen LogP contribution in [0.15, 0.2) is 29.2 Å². The molecule has 1 N–H and O–H groups in total. The van der Waals surface area contributed by atoms with E-state index >= 15 is 0 Å². The molecule has 0 aliphatic rings. The van der Waals surface area contributed by atoms with E-state index in [2.05, 4.69) is 9.46 Å². The third-order valence-electron chi connectivity index (χ3n) is 2.75. The van der Waals surface area contributed by atoms with Gasteiger partial charge in [-0.15, -0.1) is 0 Å². The number of carbonyl (C=O) groups is 1. The number of benzene rings is 1. The van der Waals surface area contributed by atoms with Crippen LogP contribution in [0.2, 0.25) is 0 Å². The van der Waals surface area contributed by atoms with Crippen LogP contribution in [0.3, 0.4) is 0 Å². The Hall–Kier alpha value is -1.65. The molecular weight excluding hydrogens is 332 g/mol. The number of rotatable bonds is 8. The maximum Gasteiger partial charge on any atom is 0.323 e. The normalized spacial score (nSPS) is 12.6. The molecule has 0 amide bonds. The molecule has 0 aliphatic heterocycles. The van der Waals surface area contributed by atoms with Crippen LogP contribution in [0.1, 0.15) is 6.42 Å². The molecular formula is C12H16N2O6S2. The van der Waals surface area contributed by atoms with Gasteiger partial charge in [-0.1, -0.05) is 12.1 Å². The van der Waals surface area contributed by atoms with Crippen molar-refractivity contribution in [1.29, 1.82) is 0 Å². The van der Waals surface area contributed by atoms with E-state index < -0.39 is 37.5 Å². The van der Waals surface area contributed by atoms with Crippen molar-refractivity contribution in [1.82, 2.24) is 4.72 Å². The Morgan fingerprint density at radius 2 is 2.09 bits per heavy atom. The van der Waals surface area contributed by atoms with Gasteiger partial charge in [0.1, 0.15) is 6.04 Å². The molecule has 0 heterocycles. The number of nitrogens with one attached hydrogen (secondary N) is 1. The summed E-state index contributed by atoms with van der Waals surface area (Å²) in [4.78, 5) is 21.3. The van der Waals surface area contributed by atoms with Gasteiger partial charge in [0, 0.05) is 6.07 Å². The predicted octanol–water partition coefficient (Wildman–Crippen LogP) is 1.17. The van der Waals surface area contributed by atoms with Crippen molar-refractivity contribution in [2.24, 2.45) is 0 Å². The van der Waals surface area contributed by atoms with Gasteiger partial charge in [0.25, 0.3) is 5.69 Å². The Morgan fingerprint density at radius 3 is 2.64 bits per heavy atom. The summed E-state index contributed by atoms with van der Waals surface area (Å²) in [6.07, 6.45) is 2.03. The van der Waals surface area contributed by atoms with Crippen molar-refractivity contribution in [3.05, 3.63) is 34.4 Å². The summed E-state index contributed by atoms with van der Waals surface area (Å²) in [6, 6.07) is 3.84. The highest BCUT2D eigenvalue weighted by atomic mass is 32.2. The SMILES string of the molecule is COC(=O)[C@@H](CCSC)NS(=O)(=O)c1ccccc1[N+](=O)[O-]. The third-order valence-corrected chi connectivity index (χ3v) is 4.91. The first kappa shape index (κ1) is 18.4. The third kappa shape index (κ3) is 4.68. The lowest BCUT2D eigenvalue weighted by atomic mass is 10.2. The monoisotopic (exact) mass is 348 g/mol.